The maximum atomic E-state index is 11.5. The minimum absolute atomic E-state index is 0.0456. The van der Waals surface area contributed by atoms with Crippen LogP contribution in [-0.2, 0) is 9.53 Å². The van der Waals surface area contributed by atoms with Gasteiger partial charge in [0.2, 0.25) is 5.91 Å². The summed E-state index contributed by atoms with van der Waals surface area (Å²) in [6, 6.07) is 8.77. The van der Waals surface area contributed by atoms with Gasteiger partial charge in [0.05, 0.1) is 12.1 Å². The number of benzene rings is 1. The molecule has 1 amide bonds. The van der Waals surface area contributed by atoms with Gasteiger partial charge in [0, 0.05) is 14.0 Å². The lowest BCUT2D eigenvalue weighted by atomic mass is 10.2. The molecule has 1 aromatic carbocycles. The number of ether oxygens (including phenoxy) is 1. The van der Waals surface area contributed by atoms with Crippen LogP contribution in [0.2, 0.25) is 0 Å². The Labute approximate surface area is 94.8 Å². The molecule has 4 nitrogen and oxygen atoms in total. The number of likely N-dealkylation sites (N-methyl/N-ethyl adjacent to an activating group) is 1. The molecule has 1 aromatic rings. The van der Waals surface area contributed by atoms with E-state index < -0.39 is 0 Å². The summed E-state index contributed by atoms with van der Waals surface area (Å²) in [6.45, 7) is 2.09. The lowest BCUT2D eigenvalue weighted by Crippen LogP contribution is -2.28. The Morgan fingerprint density at radius 1 is 1.25 bits per heavy atom. The minimum atomic E-state index is -0.363. The summed E-state index contributed by atoms with van der Waals surface area (Å²) in [5.74, 6) is -0.409. The van der Waals surface area contributed by atoms with Gasteiger partial charge >= 0.3 is 5.97 Å². The van der Waals surface area contributed by atoms with Crippen LogP contribution in [0.1, 0.15) is 17.3 Å². The van der Waals surface area contributed by atoms with Gasteiger partial charge in [-0.05, 0) is 12.1 Å². The molecule has 0 unspecified atom stereocenters. The van der Waals surface area contributed by atoms with Crippen LogP contribution in [0.5, 0.6) is 0 Å². The molecule has 0 aliphatic carbocycles. The maximum absolute atomic E-state index is 11.5. The van der Waals surface area contributed by atoms with Gasteiger partial charge < -0.3 is 9.64 Å². The van der Waals surface area contributed by atoms with E-state index in [-0.39, 0.29) is 18.5 Å². The number of rotatable bonds is 4. The van der Waals surface area contributed by atoms with Crippen molar-refractivity contribution in [3.05, 3.63) is 35.9 Å². The van der Waals surface area contributed by atoms with Gasteiger partial charge in [-0.3, -0.25) is 4.79 Å². The monoisotopic (exact) mass is 221 g/mol. The van der Waals surface area contributed by atoms with Crippen molar-refractivity contribution in [2.24, 2.45) is 0 Å². The van der Waals surface area contributed by atoms with Gasteiger partial charge in [-0.25, -0.2) is 4.79 Å². The molecule has 0 saturated carbocycles. The Kier molecular flexibility index (Phi) is 4.51. The number of amides is 1. The normalized spacial score (nSPS) is 9.62. The number of nitrogens with zero attached hydrogens (tertiary/aromatic N) is 1. The topological polar surface area (TPSA) is 46.6 Å². The summed E-state index contributed by atoms with van der Waals surface area (Å²) in [4.78, 5) is 23.8. The molecule has 0 aromatic heterocycles. The molecule has 0 N–H and O–H groups in total. The van der Waals surface area contributed by atoms with Crippen LogP contribution in [0.25, 0.3) is 0 Å². The van der Waals surface area contributed by atoms with Crippen LogP contribution < -0.4 is 0 Å². The summed E-state index contributed by atoms with van der Waals surface area (Å²) in [6.07, 6.45) is 0. The zero-order valence-corrected chi connectivity index (χ0v) is 9.47. The minimum Gasteiger partial charge on any atom is -0.460 e. The second kappa shape index (κ2) is 5.90. The molecule has 0 aliphatic heterocycles. The Morgan fingerprint density at radius 2 is 1.88 bits per heavy atom. The van der Waals surface area contributed by atoms with Crippen LogP contribution in [0.15, 0.2) is 30.3 Å². The molecule has 0 fully saturated rings. The van der Waals surface area contributed by atoms with Gasteiger partial charge in [0.25, 0.3) is 0 Å². The summed E-state index contributed by atoms with van der Waals surface area (Å²) >= 11 is 0. The lowest BCUT2D eigenvalue weighted by Gasteiger charge is -2.14. The van der Waals surface area contributed by atoms with E-state index in [1.165, 1.54) is 11.8 Å². The molecule has 16 heavy (non-hydrogen) atoms. The van der Waals surface area contributed by atoms with E-state index >= 15 is 0 Å². The maximum Gasteiger partial charge on any atom is 0.338 e. The molecule has 0 heterocycles. The quantitative estimate of drug-likeness (QED) is 0.720. The highest BCUT2D eigenvalue weighted by atomic mass is 16.5. The summed E-state index contributed by atoms with van der Waals surface area (Å²) in [7, 11) is 1.67. The predicted molar refractivity (Wildman–Crippen MR) is 60.0 cm³/mol. The van der Waals surface area contributed by atoms with Crippen molar-refractivity contribution in [3.63, 3.8) is 0 Å². The third-order valence-corrected chi connectivity index (χ3v) is 2.21. The fraction of sp³-hybridized carbons (Fsp3) is 0.333. The van der Waals surface area contributed by atoms with Crippen LogP contribution >= 0.6 is 0 Å². The number of esters is 1. The molecule has 0 atom stereocenters. The van der Waals surface area contributed by atoms with Gasteiger partial charge in [-0.2, -0.15) is 0 Å². The van der Waals surface area contributed by atoms with Crippen molar-refractivity contribution in [1.29, 1.82) is 0 Å². The van der Waals surface area contributed by atoms with E-state index in [0.29, 0.717) is 12.1 Å². The zero-order chi connectivity index (χ0) is 12.0. The Balaban J connectivity index is 2.34. The molecule has 0 bridgehead atoms. The van der Waals surface area contributed by atoms with E-state index in [4.69, 9.17) is 4.74 Å². The summed E-state index contributed by atoms with van der Waals surface area (Å²) < 4.78 is 5.02. The molecule has 1 rings (SSSR count). The van der Waals surface area contributed by atoms with Gasteiger partial charge in [-0.1, -0.05) is 18.2 Å². The predicted octanol–water partition coefficient (Wildman–Crippen LogP) is 1.32. The Hall–Kier alpha value is -1.84. The van der Waals surface area contributed by atoms with E-state index in [9.17, 15) is 9.59 Å². The van der Waals surface area contributed by atoms with Crippen molar-refractivity contribution in [2.45, 2.75) is 6.92 Å². The van der Waals surface area contributed by atoms with Crippen molar-refractivity contribution in [1.82, 2.24) is 4.90 Å². The molecule has 4 heteroatoms. The third kappa shape index (κ3) is 3.73. The van der Waals surface area contributed by atoms with E-state index in [0.717, 1.165) is 0 Å². The largest absolute Gasteiger partial charge is 0.460 e. The molecule has 86 valence electrons. The number of carbonyl (C=O) groups is 2. The average molecular weight is 221 g/mol. The Morgan fingerprint density at radius 3 is 2.44 bits per heavy atom. The molecular formula is C12H15NO3. The van der Waals surface area contributed by atoms with Crippen LogP contribution in [0.3, 0.4) is 0 Å². The first kappa shape index (κ1) is 12.2. The van der Waals surface area contributed by atoms with Gasteiger partial charge in [-0.15, -0.1) is 0 Å². The second-order valence-electron chi connectivity index (χ2n) is 3.44. The molecular weight excluding hydrogens is 206 g/mol. The summed E-state index contributed by atoms with van der Waals surface area (Å²) in [5, 5.41) is 0. The third-order valence-electron chi connectivity index (χ3n) is 2.21. The van der Waals surface area contributed by atoms with E-state index in [1.807, 2.05) is 6.07 Å². The molecule has 0 spiro atoms. The first-order valence-corrected chi connectivity index (χ1v) is 5.05. The highest BCUT2D eigenvalue weighted by Crippen LogP contribution is 2.00. The fourth-order valence-electron chi connectivity index (χ4n) is 1.09. The van der Waals surface area contributed by atoms with Crippen LogP contribution in [-0.4, -0.2) is 37.0 Å². The second-order valence-corrected chi connectivity index (χ2v) is 3.44. The van der Waals surface area contributed by atoms with E-state index in [2.05, 4.69) is 0 Å². The SMILES string of the molecule is CC(=O)N(C)CCOC(=O)c1ccccc1. The average Bonchev–Trinajstić information content (AvgIpc) is 2.29. The van der Waals surface area contributed by atoms with Crippen molar-refractivity contribution in [2.75, 3.05) is 20.2 Å². The first-order valence-electron chi connectivity index (χ1n) is 5.05. The highest BCUT2D eigenvalue weighted by molar-refractivity contribution is 5.89. The summed E-state index contributed by atoms with van der Waals surface area (Å²) in [5.41, 5.74) is 0.521. The smallest absolute Gasteiger partial charge is 0.338 e. The zero-order valence-electron chi connectivity index (χ0n) is 9.47. The number of carbonyl (C=O) groups excluding carboxylic acids is 2. The van der Waals surface area contributed by atoms with Crippen molar-refractivity contribution in [3.8, 4) is 0 Å². The van der Waals surface area contributed by atoms with Crippen molar-refractivity contribution < 1.29 is 14.3 Å². The molecule has 0 aliphatic rings. The van der Waals surface area contributed by atoms with Crippen molar-refractivity contribution >= 4 is 11.9 Å². The number of hydrogen-bond donors (Lipinski definition) is 0. The molecule has 0 radical (unpaired) electrons. The highest BCUT2D eigenvalue weighted by Gasteiger charge is 2.07. The van der Waals surface area contributed by atoms with Crippen LogP contribution in [0.4, 0.5) is 0 Å². The fourth-order valence-corrected chi connectivity index (χ4v) is 1.09. The number of hydrogen-bond acceptors (Lipinski definition) is 3. The van der Waals surface area contributed by atoms with Gasteiger partial charge in [0.15, 0.2) is 0 Å². The Bertz CT molecular complexity index is 362. The standard InChI is InChI=1S/C12H15NO3/c1-10(14)13(2)8-9-16-12(15)11-6-4-3-5-7-11/h3-7H,8-9H2,1-2H3. The van der Waals surface area contributed by atoms with E-state index in [1.54, 1.807) is 31.3 Å². The lowest BCUT2D eigenvalue weighted by molar-refractivity contribution is -0.128. The first-order chi connectivity index (χ1) is 7.61. The van der Waals surface area contributed by atoms with Crippen LogP contribution in [0, 0.1) is 0 Å². The molecule has 0 saturated heterocycles. The van der Waals surface area contributed by atoms with Gasteiger partial charge in [0.1, 0.15) is 6.61 Å².